The molecule has 6 heteroatoms. The molecule has 1 N–H and O–H groups in total. The van der Waals surface area contributed by atoms with Crippen LogP contribution in [0.4, 0.5) is 9.93 Å². The molecule has 2 atom stereocenters. The van der Waals surface area contributed by atoms with E-state index in [9.17, 15) is 4.79 Å². The molecule has 2 rings (SSSR count). The van der Waals surface area contributed by atoms with Crippen molar-refractivity contribution in [2.24, 2.45) is 0 Å². The van der Waals surface area contributed by atoms with Gasteiger partial charge in [-0.05, 0) is 20.3 Å². The van der Waals surface area contributed by atoms with Gasteiger partial charge in [0.1, 0.15) is 0 Å². The maximum atomic E-state index is 12.2. The van der Waals surface area contributed by atoms with E-state index in [0.29, 0.717) is 18.3 Å². The van der Waals surface area contributed by atoms with Gasteiger partial charge in [0.15, 0.2) is 5.13 Å². The van der Waals surface area contributed by atoms with Crippen LogP contribution in [0.15, 0.2) is 6.20 Å². The lowest BCUT2D eigenvalue weighted by Crippen LogP contribution is -2.52. The number of amides is 2. The number of morpholine rings is 1. The highest BCUT2D eigenvalue weighted by Gasteiger charge is 2.29. The molecule has 19 heavy (non-hydrogen) atoms. The molecular formula is C13H21N3O2S. The Kier molecular flexibility index (Phi) is 4.76. The van der Waals surface area contributed by atoms with E-state index in [-0.39, 0.29) is 18.2 Å². The SMILES string of the molecule is CCCc1cnc(NC(=O)N2CCO[C@H](C)[C@H]2C)s1. The number of nitrogens with one attached hydrogen (secondary N) is 1. The predicted molar refractivity (Wildman–Crippen MR) is 76.7 cm³/mol. The normalized spacial score (nSPS) is 23.4. The van der Waals surface area contributed by atoms with Gasteiger partial charge in [-0.25, -0.2) is 9.78 Å². The first kappa shape index (κ1) is 14.3. The van der Waals surface area contributed by atoms with Gasteiger partial charge in [0, 0.05) is 17.6 Å². The van der Waals surface area contributed by atoms with Crippen molar-refractivity contribution >= 4 is 22.5 Å². The molecule has 1 aromatic heterocycles. The number of anilines is 1. The zero-order chi connectivity index (χ0) is 13.8. The molecule has 106 valence electrons. The summed E-state index contributed by atoms with van der Waals surface area (Å²) in [6.07, 6.45) is 4.02. The molecule has 1 aliphatic rings. The van der Waals surface area contributed by atoms with Crippen LogP contribution in [0.25, 0.3) is 0 Å². The fourth-order valence-corrected chi connectivity index (χ4v) is 3.01. The number of carbonyl (C=O) groups is 1. The van der Waals surface area contributed by atoms with Gasteiger partial charge >= 0.3 is 6.03 Å². The third-order valence-electron chi connectivity index (χ3n) is 3.41. The highest BCUT2D eigenvalue weighted by Crippen LogP contribution is 2.21. The minimum atomic E-state index is -0.0833. The van der Waals surface area contributed by atoms with Gasteiger partial charge in [-0.1, -0.05) is 13.3 Å². The minimum Gasteiger partial charge on any atom is -0.375 e. The van der Waals surface area contributed by atoms with Crippen LogP contribution < -0.4 is 5.32 Å². The van der Waals surface area contributed by atoms with Crippen LogP contribution in [0.3, 0.4) is 0 Å². The van der Waals surface area contributed by atoms with Crippen LogP contribution in [-0.4, -0.2) is 41.2 Å². The highest BCUT2D eigenvalue weighted by molar-refractivity contribution is 7.15. The first-order chi connectivity index (χ1) is 9.11. The second-order valence-corrected chi connectivity index (χ2v) is 5.94. The second kappa shape index (κ2) is 6.34. The predicted octanol–water partition coefficient (Wildman–Crippen LogP) is 2.74. The number of nitrogens with zero attached hydrogens (tertiary/aromatic N) is 2. The Balaban J connectivity index is 1.95. The van der Waals surface area contributed by atoms with Crippen LogP contribution >= 0.6 is 11.3 Å². The Morgan fingerprint density at radius 1 is 1.63 bits per heavy atom. The Bertz CT molecular complexity index is 435. The summed E-state index contributed by atoms with van der Waals surface area (Å²) in [7, 11) is 0. The van der Waals surface area contributed by atoms with Crippen LogP contribution in [0.1, 0.15) is 32.1 Å². The zero-order valence-electron chi connectivity index (χ0n) is 11.7. The molecule has 0 unspecified atom stereocenters. The number of thiazole rings is 1. The number of aryl methyl sites for hydroxylation is 1. The van der Waals surface area contributed by atoms with Crippen molar-refractivity contribution in [3.05, 3.63) is 11.1 Å². The molecule has 0 aromatic carbocycles. The summed E-state index contributed by atoms with van der Waals surface area (Å²) in [5.74, 6) is 0. The highest BCUT2D eigenvalue weighted by atomic mass is 32.1. The number of hydrogen-bond donors (Lipinski definition) is 1. The summed E-state index contributed by atoms with van der Waals surface area (Å²) in [4.78, 5) is 19.5. The molecule has 2 amide bonds. The van der Waals surface area contributed by atoms with E-state index in [1.165, 1.54) is 4.88 Å². The van der Waals surface area contributed by atoms with E-state index in [0.717, 1.165) is 12.8 Å². The van der Waals surface area contributed by atoms with Gasteiger partial charge in [0.2, 0.25) is 0 Å². The van der Waals surface area contributed by atoms with Crippen LogP contribution in [0.5, 0.6) is 0 Å². The molecule has 1 aromatic rings. The third kappa shape index (κ3) is 3.45. The summed E-state index contributed by atoms with van der Waals surface area (Å²) < 4.78 is 5.52. The first-order valence-electron chi connectivity index (χ1n) is 6.75. The third-order valence-corrected chi connectivity index (χ3v) is 4.38. The molecule has 0 bridgehead atoms. The molecule has 0 saturated carbocycles. The Morgan fingerprint density at radius 2 is 2.42 bits per heavy atom. The number of aromatic nitrogens is 1. The maximum absolute atomic E-state index is 12.2. The maximum Gasteiger partial charge on any atom is 0.324 e. The monoisotopic (exact) mass is 283 g/mol. The summed E-state index contributed by atoms with van der Waals surface area (Å²) in [6.45, 7) is 7.36. The average molecular weight is 283 g/mol. The van der Waals surface area contributed by atoms with Gasteiger partial charge in [-0.3, -0.25) is 5.32 Å². The summed E-state index contributed by atoms with van der Waals surface area (Å²) in [5.41, 5.74) is 0. The summed E-state index contributed by atoms with van der Waals surface area (Å²) >= 11 is 1.55. The largest absolute Gasteiger partial charge is 0.375 e. The fraction of sp³-hybridized carbons (Fsp3) is 0.692. The first-order valence-corrected chi connectivity index (χ1v) is 7.57. The van der Waals surface area contributed by atoms with E-state index >= 15 is 0 Å². The van der Waals surface area contributed by atoms with Gasteiger partial charge in [0.05, 0.1) is 18.8 Å². The number of urea groups is 1. The number of ether oxygens (including phenoxy) is 1. The standard InChI is InChI=1S/C13H21N3O2S/c1-4-5-11-8-14-12(19-11)15-13(17)16-6-7-18-10(3)9(16)2/h8-10H,4-7H2,1-3H3,(H,14,15,17)/t9-,10-/m1/s1. The van der Waals surface area contributed by atoms with Crippen molar-refractivity contribution in [2.45, 2.75) is 45.8 Å². The van der Waals surface area contributed by atoms with Gasteiger partial charge in [-0.2, -0.15) is 0 Å². The van der Waals surface area contributed by atoms with Gasteiger partial charge in [0.25, 0.3) is 0 Å². The summed E-state index contributed by atoms with van der Waals surface area (Å²) in [5, 5.41) is 3.56. The lowest BCUT2D eigenvalue weighted by molar-refractivity contribution is -0.0355. The lowest BCUT2D eigenvalue weighted by Gasteiger charge is -2.37. The summed E-state index contributed by atoms with van der Waals surface area (Å²) in [6, 6.07) is 0.00359. The number of rotatable bonds is 3. The van der Waals surface area contributed by atoms with E-state index in [1.54, 1.807) is 11.3 Å². The van der Waals surface area contributed by atoms with E-state index < -0.39 is 0 Å². The van der Waals surface area contributed by atoms with Crippen molar-refractivity contribution in [1.82, 2.24) is 9.88 Å². The van der Waals surface area contributed by atoms with Crippen molar-refractivity contribution in [3.8, 4) is 0 Å². The smallest absolute Gasteiger partial charge is 0.324 e. The molecule has 0 spiro atoms. The Hall–Kier alpha value is -1.14. The Morgan fingerprint density at radius 3 is 3.16 bits per heavy atom. The minimum absolute atomic E-state index is 0.0754. The van der Waals surface area contributed by atoms with Crippen molar-refractivity contribution in [2.75, 3.05) is 18.5 Å². The van der Waals surface area contributed by atoms with Crippen LogP contribution in [0.2, 0.25) is 0 Å². The molecule has 0 radical (unpaired) electrons. The second-order valence-electron chi connectivity index (χ2n) is 4.82. The van der Waals surface area contributed by atoms with Crippen LogP contribution in [0, 0.1) is 0 Å². The number of carbonyl (C=O) groups excluding carboxylic acids is 1. The van der Waals surface area contributed by atoms with E-state index in [4.69, 9.17) is 4.74 Å². The lowest BCUT2D eigenvalue weighted by atomic mass is 10.1. The van der Waals surface area contributed by atoms with Gasteiger partial charge < -0.3 is 9.64 Å². The molecule has 5 nitrogen and oxygen atoms in total. The van der Waals surface area contributed by atoms with Crippen LogP contribution in [-0.2, 0) is 11.2 Å². The van der Waals surface area contributed by atoms with Gasteiger partial charge in [-0.15, -0.1) is 11.3 Å². The molecule has 1 saturated heterocycles. The van der Waals surface area contributed by atoms with E-state index in [2.05, 4.69) is 17.2 Å². The molecule has 2 heterocycles. The zero-order valence-corrected chi connectivity index (χ0v) is 12.5. The molecular weight excluding hydrogens is 262 g/mol. The quantitative estimate of drug-likeness (QED) is 0.928. The number of hydrogen-bond acceptors (Lipinski definition) is 4. The molecule has 1 fully saturated rings. The van der Waals surface area contributed by atoms with Crippen molar-refractivity contribution < 1.29 is 9.53 Å². The molecule has 0 aliphatic carbocycles. The van der Waals surface area contributed by atoms with Crippen molar-refractivity contribution in [3.63, 3.8) is 0 Å². The van der Waals surface area contributed by atoms with Crippen molar-refractivity contribution in [1.29, 1.82) is 0 Å². The molecule has 1 aliphatic heterocycles. The topological polar surface area (TPSA) is 54.5 Å². The average Bonchev–Trinajstić information content (AvgIpc) is 2.80. The Labute approximate surface area is 118 Å². The van der Waals surface area contributed by atoms with E-state index in [1.807, 2.05) is 24.9 Å². The fourth-order valence-electron chi connectivity index (χ4n) is 2.11.